The predicted molar refractivity (Wildman–Crippen MR) is 76.8 cm³/mol. The molecule has 0 amide bonds. The largest absolute Gasteiger partial charge is 0.362 e. The number of rotatable bonds is 4. The smallest absolute Gasteiger partial charge is 0.186 e. The van der Waals surface area contributed by atoms with E-state index in [1.165, 1.54) is 18.1 Å². The lowest BCUT2D eigenvalue weighted by Crippen LogP contribution is -2.19. The molecule has 0 heterocycles. The Hall–Kier alpha value is -1.64. The first-order valence-electron chi connectivity index (χ1n) is 6.62. The minimum absolute atomic E-state index is 0.346. The van der Waals surface area contributed by atoms with E-state index < -0.39 is 5.79 Å². The minimum atomic E-state index is -1.77. The highest BCUT2D eigenvalue weighted by Gasteiger charge is 2.19. The molecule has 0 spiro atoms. The Kier molecular flexibility index (Phi) is 4.03. The summed E-state index contributed by atoms with van der Waals surface area (Å²) in [5.41, 5.74) is 2.99. The first kappa shape index (κ1) is 13.8. The van der Waals surface area contributed by atoms with Crippen LogP contribution in [-0.4, -0.2) is 10.2 Å². The van der Waals surface area contributed by atoms with E-state index in [9.17, 15) is 10.2 Å². The molecule has 0 aliphatic heterocycles. The second-order valence-corrected chi connectivity index (χ2v) is 5.01. The lowest BCUT2D eigenvalue weighted by atomic mass is 9.88. The van der Waals surface area contributed by atoms with Crippen molar-refractivity contribution in [1.29, 1.82) is 0 Å². The third-order valence-electron chi connectivity index (χ3n) is 3.47. The van der Waals surface area contributed by atoms with Crippen molar-refractivity contribution in [2.45, 2.75) is 32.0 Å². The SMILES string of the molecule is CCC(c1ccccc1)c1ccc(C(C)(O)O)cc1. The average Bonchev–Trinajstić information content (AvgIpc) is 2.40. The highest BCUT2D eigenvalue weighted by atomic mass is 16.5. The minimum Gasteiger partial charge on any atom is -0.362 e. The monoisotopic (exact) mass is 256 g/mol. The Labute approximate surface area is 114 Å². The molecule has 0 saturated carbocycles. The van der Waals surface area contributed by atoms with Gasteiger partial charge >= 0.3 is 0 Å². The van der Waals surface area contributed by atoms with Crippen molar-refractivity contribution >= 4 is 0 Å². The maximum atomic E-state index is 9.55. The van der Waals surface area contributed by atoms with Gasteiger partial charge < -0.3 is 10.2 Å². The van der Waals surface area contributed by atoms with Crippen molar-refractivity contribution in [3.63, 3.8) is 0 Å². The van der Waals surface area contributed by atoms with Gasteiger partial charge in [0, 0.05) is 11.5 Å². The van der Waals surface area contributed by atoms with E-state index in [1.54, 1.807) is 12.1 Å². The number of benzene rings is 2. The van der Waals surface area contributed by atoms with Gasteiger partial charge in [-0.2, -0.15) is 0 Å². The average molecular weight is 256 g/mol. The Bertz CT molecular complexity index is 509. The van der Waals surface area contributed by atoms with E-state index in [1.807, 2.05) is 30.3 Å². The van der Waals surface area contributed by atoms with Crippen LogP contribution in [0.3, 0.4) is 0 Å². The zero-order valence-corrected chi connectivity index (χ0v) is 11.4. The van der Waals surface area contributed by atoms with Gasteiger partial charge in [0.1, 0.15) is 0 Å². The molecule has 0 aliphatic rings. The van der Waals surface area contributed by atoms with Crippen LogP contribution in [0.15, 0.2) is 54.6 Å². The molecule has 1 atom stereocenters. The summed E-state index contributed by atoms with van der Waals surface area (Å²) in [5, 5.41) is 19.1. The lowest BCUT2D eigenvalue weighted by Gasteiger charge is -2.19. The van der Waals surface area contributed by atoms with Gasteiger partial charge in [-0.3, -0.25) is 0 Å². The van der Waals surface area contributed by atoms with Crippen LogP contribution in [0.1, 0.15) is 42.9 Å². The zero-order chi connectivity index (χ0) is 13.9. The molecule has 2 heteroatoms. The van der Waals surface area contributed by atoms with Gasteiger partial charge in [0.15, 0.2) is 5.79 Å². The maximum Gasteiger partial charge on any atom is 0.186 e. The van der Waals surface area contributed by atoms with E-state index in [-0.39, 0.29) is 0 Å². The van der Waals surface area contributed by atoms with Gasteiger partial charge in [0.25, 0.3) is 0 Å². The summed E-state index contributed by atoms with van der Waals surface area (Å²) in [6.07, 6.45) is 1.01. The summed E-state index contributed by atoms with van der Waals surface area (Å²) in [4.78, 5) is 0. The quantitative estimate of drug-likeness (QED) is 0.823. The van der Waals surface area contributed by atoms with E-state index in [4.69, 9.17) is 0 Å². The van der Waals surface area contributed by atoms with Crippen LogP contribution < -0.4 is 0 Å². The third kappa shape index (κ3) is 3.22. The Morgan fingerprint density at radius 3 is 1.89 bits per heavy atom. The van der Waals surface area contributed by atoms with Crippen LogP contribution in [0.25, 0.3) is 0 Å². The number of hydrogen-bond acceptors (Lipinski definition) is 2. The normalized spacial score (nSPS) is 13.3. The molecule has 0 aromatic heterocycles. The van der Waals surface area contributed by atoms with Crippen LogP contribution in [-0.2, 0) is 5.79 Å². The van der Waals surface area contributed by atoms with Gasteiger partial charge in [-0.15, -0.1) is 0 Å². The van der Waals surface area contributed by atoms with Gasteiger partial charge in [-0.1, -0.05) is 61.5 Å². The highest BCUT2D eigenvalue weighted by Crippen LogP contribution is 2.29. The summed E-state index contributed by atoms with van der Waals surface area (Å²) < 4.78 is 0. The molecule has 2 aromatic carbocycles. The van der Waals surface area contributed by atoms with E-state index >= 15 is 0 Å². The zero-order valence-electron chi connectivity index (χ0n) is 11.4. The molecule has 19 heavy (non-hydrogen) atoms. The second kappa shape index (κ2) is 5.55. The van der Waals surface area contributed by atoms with Gasteiger partial charge in [0.05, 0.1) is 0 Å². The second-order valence-electron chi connectivity index (χ2n) is 5.01. The Balaban J connectivity index is 2.30. The molecule has 2 aromatic rings. The molecular formula is C17H20O2. The molecular weight excluding hydrogens is 236 g/mol. The molecule has 0 bridgehead atoms. The first-order valence-corrected chi connectivity index (χ1v) is 6.62. The Morgan fingerprint density at radius 2 is 1.42 bits per heavy atom. The van der Waals surface area contributed by atoms with Crippen molar-refractivity contribution in [2.24, 2.45) is 0 Å². The Morgan fingerprint density at radius 1 is 0.895 bits per heavy atom. The fourth-order valence-electron chi connectivity index (χ4n) is 2.38. The standard InChI is InChI=1S/C17H20O2/c1-3-16(13-7-5-4-6-8-13)14-9-11-15(12-10-14)17(2,18)19/h4-12,16,18-19H,3H2,1-2H3. The molecule has 0 radical (unpaired) electrons. The maximum absolute atomic E-state index is 9.55. The topological polar surface area (TPSA) is 40.5 Å². The fraction of sp³-hybridized carbons (Fsp3) is 0.294. The van der Waals surface area contributed by atoms with Crippen LogP contribution in [0.4, 0.5) is 0 Å². The molecule has 2 nitrogen and oxygen atoms in total. The van der Waals surface area contributed by atoms with Crippen LogP contribution in [0.2, 0.25) is 0 Å². The van der Waals surface area contributed by atoms with E-state index in [0.717, 1.165) is 6.42 Å². The van der Waals surface area contributed by atoms with Crippen LogP contribution in [0, 0.1) is 0 Å². The van der Waals surface area contributed by atoms with E-state index in [0.29, 0.717) is 11.5 Å². The summed E-state index contributed by atoms with van der Waals surface area (Å²) in [6, 6.07) is 17.9. The number of hydrogen-bond donors (Lipinski definition) is 2. The molecule has 2 N–H and O–H groups in total. The molecule has 0 aliphatic carbocycles. The highest BCUT2D eigenvalue weighted by molar-refractivity contribution is 5.34. The van der Waals surface area contributed by atoms with Crippen molar-refractivity contribution in [2.75, 3.05) is 0 Å². The van der Waals surface area contributed by atoms with Crippen molar-refractivity contribution in [3.05, 3.63) is 71.3 Å². The molecule has 0 fully saturated rings. The van der Waals surface area contributed by atoms with Gasteiger partial charge in [-0.05, 0) is 24.5 Å². The van der Waals surface area contributed by atoms with Crippen LogP contribution >= 0.6 is 0 Å². The fourth-order valence-corrected chi connectivity index (χ4v) is 2.38. The summed E-state index contributed by atoms with van der Waals surface area (Å²) in [5.74, 6) is -1.42. The predicted octanol–water partition coefficient (Wildman–Crippen LogP) is 3.39. The van der Waals surface area contributed by atoms with Crippen LogP contribution in [0.5, 0.6) is 0 Å². The summed E-state index contributed by atoms with van der Waals surface area (Å²) in [7, 11) is 0. The van der Waals surface area contributed by atoms with E-state index in [2.05, 4.69) is 19.1 Å². The molecule has 100 valence electrons. The number of aliphatic hydroxyl groups is 2. The first-order chi connectivity index (χ1) is 9.02. The van der Waals surface area contributed by atoms with Gasteiger partial charge in [-0.25, -0.2) is 0 Å². The summed E-state index contributed by atoms with van der Waals surface area (Å²) >= 11 is 0. The molecule has 0 saturated heterocycles. The van der Waals surface area contributed by atoms with Crippen molar-refractivity contribution < 1.29 is 10.2 Å². The van der Waals surface area contributed by atoms with Crippen molar-refractivity contribution in [1.82, 2.24) is 0 Å². The van der Waals surface area contributed by atoms with Crippen molar-refractivity contribution in [3.8, 4) is 0 Å². The molecule has 2 rings (SSSR count). The van der Waals surface area contributed by atoms with Gasteiger partial charge in [0.2, 0.25) is 0 Å². The summed E-state index contributed by atoms with van der Waals surface area (Å²) in [6.45, 7) is 3.53. The lowest BCUT2D eigenvalue weighted by molar-refractivity contribution is -0.152. The molecule has 1 unspecified atom stereocenters. The third-order valence-corrected chi connectivity index (χ3v) is 3.47.